The van der Waals surface area contributed by atoms with E-state index in [9.17, 15) is 9.90 Å². The Morgan fingerprint density at radius 3 is 2.53 bits per heavy atom. The van der Waals surface area contributed by atoms with Crippen LogP contribution in [0.4, 0.5) is 17.3 Å². The van der Waals surface area contributed by atoms with Crippen LogP contribution in [0.15, 0.2) is 83.3 Å². The molecule has 0 saturated carbocycles. The molecule has 0 bridgehead atoms. The normalized spacial score (nSPS) is 11.2. The van der Waals surface area contributed by atoms with Gasteiger partial charge in [-0.2, -0.15) is 9.67 Å². The van der Waals surface area contributed by atoms with Crippen molar-refractivity contribution in [1.82, 2.24) is 24.7 Å². The molecular weight excluding hydrogens is 460 g/mol. The molecule has 0 aliphatic carbocycles. The standard InChI is InChI=1S/C25H20N8O3/c1-15-28-25(33(32-15)24-26-12-5-13-27-24)31-30-21-19-7-4-3-6-16(19)14-20(22(21)34)23(35)29-17-8-10-18(36-2)11-9-17/h3-14,34H,1-2H3,(H,29,35). The van der Waals surface area contributed by atoms with Gasteiger partial charge in [0.25, 0.3) is 17.8 Å². The number of phenols is 1. The smallest absolute Gasteiger partial charge is 0.275 e. The summed E-state index contributed by atoms with van der Waals surface area (Å²) in [6.45, 7) is 1.70. The zero-order chi connectivity index (χ0) is 25.1. The maximum absolute atomic E-state index is 13.1. The summed E-state index contributed by atoms with van der Waals surface area (Å²) in [6, 6.07) is 17.4. The highest BCUT2D eigenvalue weighted by Gasteiger charge is 2.19. The molecule has 2 heterocycles. The van der Waals surface area contributed by atoms with E-state index in [-0.39, 0.29) is 28.9 Å². The fourth-order valence-electron chi connectivity index (χ4n) is 3.56. The molecule has 0 spiro atoms. The molecule has 11 nitrogen and oxygen atoms in total. The Hall–Kier alpha value is -5.19. The summed E-state index contributed by atoms with van der Waals surface area (Å²) < 4.78 is 6.49. The maximum Gasteiger partial charge on any atom is 0.275 e. The van der Waals surface area contributed by atoms with E-state index in [0.29, 0.717) is 28.0 Å². The third-order valence-electron chi connectivity index (χ3n) is 5.26. The van der Waals surface area contributed by atoms with Gasteiger partial charge < -0.3 is 15.2 Å². The van der Waals surface area contributed by atoms with Gasteiger partial charge in [0, 0.05) is 23.5 Å². The largest absolute Gasteiger partial charge is 0.505 e. The van der Waals surface area contributed by atoms with Crippen LogP contribution >= 0.6 is 0 Å². The average Bonchev–Trinajstić information content (AvgIpc) is 3.29. The summed E-state index contributed by atoms with van der Waals surface area (Å²) in [4.78, 5) is 25.7. The molecule has 2 N–H and O–H groups in total. The van der Waals surface area contributed by atoms with Gasteiger partial charge in [-0.05, 0) is 48.7 Å². The van der Waals surface area contributed by atoms with Crippen molar-refractivity contribution in [2.24, 2.45) is 10.2 Å². The molecule has 11 heteroatoms. The first-order valence-corrected chi connectivity index (χ1v) is 10.9. The maximum atomic E-state index is 13.1. The first-order chi connectivity index (χ1) is 17.5. The number of ether oxygens (including phenoxy) is 1. The average molecular weight is 480 g/mol. The molecule has 3 aromatic carbocycles. The molecule has 0 saturated heterocycles. The molecule has 1 amide bonds. The van der Waals surface area contributed by atoms with Gasteiger partial charge >= 0.3 is 0 Å². The minimum absolute atomic E-state index is 0.0440. The quantitative estimate of drug-likeness (QED) is 0.329. The third-order valence-corrected chi connectivity index (χ3v) is 5.26. The van der Waals surface area contributed by atoms with E-state index >= 15 is 0 Å². The molecular formula is C25H20N8O3. The van der Waals surface area contributed by atoms with E-state index in [4.69, 9.17) is 4.74 Å². The number of amides is 1. The number of nitrogens with one attached hydrogen (secondary N) is 1. The molecule has 0 aliphatic heterocycles. The summed E-state index contributed by atoms with van der Waals surface area (Å²) >= 11 is 0. The number of methoxy groups -OCH3 is 1. The Morgan fingerprint density at radius 2 is 1.78 bits per heavy atom. The molecule has 5 aromatic rings. The minimum Gasteiger partial charge on any atom is -0.505 e. The van der Waals surface area contributed by atoms with Crippen molar-refractivity contribution in [1.29, 1.82) is 0 Å². The van der Waals surface area contributed by atoms with Crippen LogP contribution in [-0.4, -0.2) is 42.9 Å². The van der Waals surface area contributed by atoms with Crippen LogP contribution in [0.3, 0.4) is 0 Å². The van der Waals surface area contributed by atoms with E-state index in [1.807, 2.05) is 18.2 Å². The number of carbonyl (C=O) groups is 1. The highest BCUT2D eigenvalue weighted by Crippen LogP contribution is 2.39. The number of fused-ring (bicyclic) bond motifs is 1. The van der Waals surface area contributed by atoms with Gasteiger partial charge in [-0.1, -0.05) is 24.3 Å². The number of hydrogen-bond acceptors (Lipinski definition) is 9. The van der Waals surface area contributed by atoms with Crippen molar-refractivity contribution < 1.29 is 14.6 Å². The topological polar surface area (TPSA) is 140 Å². The predicted octanol–water partition coefficient (Wildman–Crippen LogP) is 4.90. The molecule has 0 radical (unpaired) electrons. The lowest BCUT2D eigenvalue weighted by molar-refractivity contribution is 0.102. The van der Waals surface area contributed by atoms with Crippen LogP contribution in [0.5, 0.6) is 11.5 Å². The zero-order valence-electron chi connectivity index (χ0n) is 19.3. The Bertz CT molecular complexity index is 1580. The van der Waals surface area contributed by atoms with Crippen molar-refractivity contribution in [3.05, 3.63) is 84.4 Å². The monoisotopic (exact) mass is 480 g/mol. The van der Waals surface area contributed by atoms with E-state index in [1.165, 1.54) is 4.68 Å². The van der Waals surface area contributed by atoms with Crippen LogP contribution in [0.2, 0.25) is 0 Å². The van der Waals surface area contributed by atoms with Crippen LogP contribution < -0.4 is 10.1 Å². The van der Waals surface area contributed by atoms with E-state index in [2.05, 4.69) is 35.6 Å². The lowest BCUT2D eigenvalue weighted by Gasteiger charge is -2.11. The SMILES string of the molecule is COc1ccc(NC(=O)c2cc3ccccc3c(N=Nc3nc(C)nn3-c3ncccn3)c2O)cc1. The number of nitrogens with zero attached hydrogens (tertiary/aromatic N) is 7. The molecule has 5 rings (SSSR count). The van der Waals surface area contributed by atoms with Gasteiger partial charge in [0.1, 0.15) is 11.4 Å². The fraction of sp³-hybridized carbons (Fsp3) is 0.0800. The van der Waals surface area contributed by atoms with E-state index < -0.39 is 5.91 Å². The Labute approximate surface area is 205 Å². The van der Waals surface area contributed by atoms with Gasteiger partial charge in [-0.25, -0.2) is 9.97 Å². The molecule has 178 valence electrons. The number of aromatic nitrogens is 5. The van der Waals surface area contributed by atoms with E-state index in [1.54, 1.807) is 68.9 Å². The minimum atomic E-state index is -0.503. The summed E-state index contributed by atoms with van der Waals surface area (Å²) in [5.41, 5.74) is 0.708. The number of aryl methyl sites for hydroxylation is 1. The summed E-state index contributed by atoms with van der Waals surface area (Å²) in [7, 11) is 1.56. The molecule has 0 atom stereocenters. The Balaban J connectivity index is 1.55. The van der Waals surface area contributed by atoms with Gasteiger partial charge in [0.15, 0.2) is 11.6 Å². The van der Waals surface area contributed by atoms with Crippen molar-refractivity contribution in [3.8, 4) is 17.4 Å². The number of aromatic hydroxyl groups is 1. The van der Waals surface area contributed by atoms with Gasteiger partial charge in [-0.15, -0.1) is 15.3 Å². The van der Waals surface area contributed by atoms with Crippen LogP contribution in [0.25, 0.3) is 16.7 Å². The van der Waals surface area contributed by atoms with Crippen LogP contribution in [-0.2, 0) is 0 Å². The lowest BCUT2D eigenvalue weighted by Crippen LogP contribution is -2.12. The number of benzene rings is 3. The van der Waals surface area contributed by atoms with Gasteiger partial charge in [0.05, 0.1) is 12.7 Å². The van der Waals surface area contributed by atoms with Crippen LogP contribution in [0.1, 0.15) is 16.2 Å². The molecule has 0 unspecified atom stereocenters. The van der Waals surface area contributed by atoms with Gasteiger partial charge in [0.2, 0.25) is 0 Å². The first kappa shape index (κ1) is 22.6. The molecule has 0 fully saturated rings. The van der Waals surface area contributed by atoms with Crippen molar-refractivity contribution in [3.63, 3.8) is 0 Å². The summed E-state index contributed by atoms with van der Waals surface area (Å²) in [5, 5.41) is 27.9. The summed E-state index contributed by atoms with van der Waals surface area (Å²) in [5.74, 6) is 0.675. The number of azo groups is 1. The number of hydrogen-bond donors (Lipinski definition) is 2. The van der Waals surface area contributed by atoms with Gasteiger partial charge in [-0.3, -0.25) is 4.79 Å². The fourth-order valence-corrected chi connectivity index (χ4v) is 3.56. The molecule has 0 aliphatic rings. The number of anilines is 1. The molecule has 2 aromatic heterocycles. The van der Waals surface area contributed by atoms with Crippen molar-refractivity contribution in [2.75, 3.05) is 12.4 Å². The van der Waals surface area contributed by atoms with E-state index in [0.717, 1.165) is 0 Å². The number of carbonyl (C=O) groups excluding carboxylic acids is 1. The number of phenolic OH excluding ortho intramolecular Hbond substituents is 1. The van der Waals surface area contributed by atoms with Crippen molar-refractivity contribution >= 4 is 34.0 Å². The lowest BCUT2D eigenvalue weighted by atomic mass is 10.0. The number of rotatable bonds is 6. The second-order valence-corrected chi connectivity index (χ2v) is 7.64. The Morgan fingerprint density at radius 1 is 1.03 bits per heavy atom. The third kappa shape index (κ3) is 4.44. The van der Waals surface area contributed by atoms with Crippen LogP contribution in [0, 0.1) is 6.92 Å². The predicted molar refractivity (Wildman–Crippen MR) is 132 cm³/mol. The second kappa shape index (κ2) is 9.58. The highest BCUT2D eigenvalue weighted by molar-refractivity contribution is 6.11. The van der Waals surface area contributed by atoms with Crippen molar-refractivity contribution in [2.45, 2.75) is 6.92 Å². The molecule has 36 heavy (non-hydrogen) atoms. The zero-order valence-corrected chi connectivity index (χ0v) is 19.3. The summed E-state index contributed by atoms with van der Waals surface area (Å²) in [6.07, 6.45) is 3.15. The second-order valence-electron chi connectivity index (χ2n) is 7.64. The highest BCUT2D eigenvalue weighted by atomic mass is 16.5. The first-order valence-electron chi connectivity index (χ1n) is 10.9. The Kier molecular flexibility index (Phi) is 6.02.